The van der Waals surface area contributed by atoms with Crippen LogP contribution in [0.1, 0.15) is 13.8 Å². The molecule has 1 aliphatic heterocycles. The summed E-state index contributed by atoms with van der Waals surface area (Å²) in [4.78, 5) is 0. The highest BCUT2D eigenvalue weighted by Gasteiger charge is 2.03. The van der Waals surface area contributed by atoms with Crippen LogP contribution in [0.2, 0.25) is 0 Å². The molecule has 0 aliphatic carbocycles. The summed E-state index contributed by atoms with van der Waals surface area (Å²) in [7, 11) is 1.87. The van der Waals surface area contributed by atoms with Gasteiger partial charge in [-0.05, 0) is 11.5 Å². The van der Waals surface area contributed by atoms with Gasteiger partial charge in [0.05, 0.1) is 6.21 Å². The molecule has 0 aromatic heterocycles. The minimum Gasteiger partial charge on any atom is -0.290 e. The van der Waals surface area contributed by atoms with E-state index < -0.39 is 0 Å². The molecular formula is C7H13N3. The molecule has 56 valence electrons. The highest BCUT2D eigenvalue weighted by atomic mass is 15.7. The summed E-state index contributed by atoms with van der Waals surface area (Å²) in [5.74, 6) is 0.546. The third-order valence-corrected chi connectivity index (χ3v) is 1.46. The average Bonchev–Trinajstić information content (AvgIpc) is 1.88. The molecule has 0 amide bonds. The zero-order chi connectivity index (χ0) is 7.56. The van der Waals surface area contributed by atoms with Gasteiger partial charge in [0.1, 0.15) is 0 Å². The van der Waals surface area contributed by atoms with E-state index in [1.54, 1.807) is 5.12 Å². The Labute approximate surface area is 61.4 Å². The molecule has 0 unspecified atom stereocenters. The van der Waals surface area contributed by atoms with Crippen LogP contribution >= 0.6 is 0 Å². The van der Waals surface area contributed by atoms with Gasteiger partial charge in [0.25, 0.3) is 0 Å². The van der Waals surface area contributed by atoms with Crippen molar-refractivity contribution in [3.8, 4) is 0 Å². The summed E-state index contributed by atoms with van der Waals surface area (Å²) in [6.45, 7) is 4.29. The monoisotopic (exact) mass is 139 g/mol. The van der Waals surface area contributed by atoms with Crippen molar-refractivity contribution >= 4 is 6.21 Å². The third-order valence-electron chi connectivity index (χ3n) is 1.46. The van der Waals surface area contributed by atoms with Crippen LogP contribution in [-0.2, 0) is 0 Å². The minimum absolute atomic E-state index is 0.546. The molecule has 0 spiro atoms. The molecule has 3 nitrogen and oxygen atoms in total. The molecule has 1 aliphatic rings. The lowest BCUT2D eigenvalue weighted by Crippen LogP contribution is -2.28. The van der Waals surface area contributed by atoms with E-state index in [-0.39, 0.29) is 0 Å². The normalized spacial score (nSPS) is 17.2. The first-order chi connectivity index (χ1) is 4.70. The molecule has 0 radical (unpaired) electrons. The van der Waals surface area contributed by atoms with Crippen molar-refractivity contribution in [3.05, 3.63) is 11.8 Å². The average molecular weight is 139 g/mol. The molecule has 0 saturated carbocycles. The Hall–Kier alpha value is -0.990. The van der Waals surface area contributed by atoms with Gasteiger partial charge in [-0.25, -0.2) is 5.12 Å². The van der Waals surface area contributed by atoms with Gasteiger partial charge in [0.2, 0.25) is 0 Å². The first-order valence-corrected chi connectivity index (χ1v) is 3.44. The number of rotatable bonds is 1. The van der Waals surface area contributed by atoms with Crippen molar-refractivity contribution in [2.24, 2.45) is 11.0 Å². The van der Waals surface area contributed by atoms with Crippen LogP contribution in [0.4, 0.5) is 0 Å². The summed E-state index contributed by atoms with van der Waals surface area (Å²) < 4.78 is 0. The summed E-state index contributed by atoms with van der Waals surface area (Å²) in [5.41, 5.74) is 4.22. The standard InChI is InChI=1S/C7H13N3/c1-6(2)7-4-8-10(3)9-5-7/h4-6,8H,1-3H3. The number of hydrogen-bond donors (Lipinski definition) is 1. The zero-order valence-electron chi connectivity index (χ0n) is 6.63. The number of nitrogens with zero attached hydrogens (tertiary/aromatic N) is 2. The molecule has 1 heterocycles. The third kappa shape index (κ3) is 1.50. The topological polar surface area (TPSA) is 27.6 Å². The molecule has 3 heteroatoms. The second-order valence-corrected chi connectivity index (χ2v) is 2.70. The number of nitrogens with one attached hydrogen (secondary N) is 1. The van der Waals surface area contributed by atoms with Gasteiger partial charge in [-0.15, -0.1) is 0 Å². The first-order valence-electron chi connectivity index (χ1n) is 3.44. The second-order valence-electron chi connectivity index (χ2n) is 2.70. The fraction of sp³-hybridized carbons (Fsp3) is 0.571. The van der Waals surface area contributed by atoms with Crippen LogP contribution in [0.3, 0.4) is 0 Å². The lowest BCUT2D eigenvalue weighted by molar-refractivity contribution is 0.287. The Balaban J connectivity index is 2.59. The van der Waals surface area contributed by atoms with E-state index in [0.717, 1.165) is 0 Å². The van der Waals surface area contributed by atoms with E-state index in [1.165, 1.54) is 5.57 Å². The minimum atomic E-state index is 0.546. The Morgan fingerprint density at radius 2 is 2.30 bits per heavy atom. The van der Waals surface area contributed by atoms with Gasteiger partial charge in [-0.2, -0.15) is 5.10 Å². The van der Waals surface area contributed by atoms with E-state index >= 15 is 0 Å². The maximum Gasteiger partial charge on any atom is 0.0540 e. The molecule has 0 aromatic carbocycles. The van der Waals surface area contributed by atoms with Gasteiger partial charge >= 0.3 is 0 Å². The van der Waals surface area contributed by atoms with Gasteiger partial charge in [0, 0.05) is 13.2 Å². The van der Waals surface area contributed by atoms with E-state index in [9.17, 15) is 0 Å². The highest BCUT2D eigenvalue weighted by Crippen LogP contribution is 2.07. The van der Waals surface area contributed by atoms with Crippen molar-refractivity contribution in [1.29, 1.82) is 0 Å². The molecule has 0 saturated heterocycles. The molecule has 0 fully saturated rings. The molecule has 1 N–H and O–H groups in total. The van der Waals surface area contributed by atoms with Crippen molar-refractivity contribution in [2.75, 3.05) is 7.05 Å². The quantitative estimate of drug-likeness (QED) is 0.586. The van der Waals surface area contributed by atoms with Crippen LogP contribution in [0.25, 0.3) is 0 Å². The fourth-order valence-electron chi connectivity index (χ4n) is 0.708. The predicted octanol–water partition coefficient (Wildman–Crippen LogP) is 0.962. The summed E-state index contributed by atoms with van der Waals surface area (Å²) >= 11 is 0. The van der Waals surface area contributed by atoms with Crippen molar-refractivity contribution < 1.29 is 0 Å². The largest absolute Gasteiger partial charge is 0.290 e. The Bertz CT molecular complexity index is 170. The summed E-state index contributed by atoms with van der Waals surface area (Å²) in [6, 6.07) is 0. The zero-order valence-corrected chi connectivity index (χ0v) is 6.63. The SMILES string of the molecule is CC(C)C1=CNN(C)N=C1. The lowest BCUT2D eigenvalue weighted by Gasteiger charge is -2.19. The predicted molar refractivity (Wildman–Crippen MR) is 42.3 cm³/mol. The maximum atomic E-state index is 4.06. The molecule has 0 bridgehead atoms. The van der Waals surface area contributed by atoms with Gasteiger partial charge in [0.15, 0.2) is 0 Å². The van der Waals surface area contributed by atoms with E-state index in [1.807, 2.05) is 19.5 Å². The second kappa shape index (κ2) is 2.73. The smallest absolute Gasteiger partial charge is 0.0540 e. The van der Waals surface area contributed by atoms with Gasteiger partial charge < -0.3 is 0 Å². The Kier molecular flexibility index (Phi) is 1.94. The van der Waals surface area contributed by atoms with Crippen molar-refractivity contribution in [2.45, 2.75) is 13.8 Å². The number of hydrazone groups is 1. The lowest BCUT2D eigenvalue weighted by atomic mass is 10.1. The molecular weight excluding hydrogens is 126 g/mol. The van der Waals surface area contributed by atoms with Crippen LogP contribution < -0.4 is 5.43 Å². The van der Waals surface area contributed by atoms with Crippen LogP contribution in [-0.4, -0.2) is 18.4 Å². The van der Waals surface area contributed by atoms with E-state index in [0.29, 0.717) is 5.92 Å². The number of hydrogen-bond acceptors (Lipinski definition) is 3. The summed E-state index contributed by atoms with van der Waals surface area (Å²) in [5, 5.41) is 5.73. The highest BCUT2D eigenvalue weighted by molar-refractivity contribution is 5.79. The summed E-state index contributed by atoms with van der Waals surface area (Å²) in [6.07, 6.45) is 3.85. The van der Waals surface area contributed by atoms with Crippen LogP contribution in [0, 0.1) is 5.92 Å². The van der Waals surface area contributed by atoms with Crippen molar-refractivity contribution in [1.82, 2.24) is 10.5 Å². The van der Waals surface area contributed by atoms with Gasteiger partial charge in [-0.3, -0.25) is 5.43 Å². The van der Waals surface area contributed by atoms with E-state index in [2.05, 4.69) is 24.4 Å². The molecule has 0 atom stereocenters. The maximum absolute atomic E-state index is 4.06. The number of hydrazine groups is 1. The number of allylic oxidation sites excluding steroid dienone is 1. The van der Waals surface area contributed by atoms with Gasteiger partial charge in [-0.1, -0.05) is 13.8 Å². The first kappa shape index (κ1) is 7.12. The van der Waals surface area contributed by atoms with Crippen LogP contribution in [0.5, 0.6) is 0 Å². The molecule has 0 aromatic rings. The van der Waals surface area contributed by atoms with Crippen molar-refractivity contribution in [3.63, 3.8) is 0 Å². The Morgan fingerprint density at radius 1 is 1.60 bits per heavy atom. The van der Waals surface area contributed by atoms with E-state index in [4.69, 9.17) is 0 Å². The Morgan fingerprint density at radius 3 is 2.70 bits per heavy atom. The molecule has 1 rings (SSSR count). The molecule has 10 heavy (non-hydrogen) atoms. The fourth-order valence-corrected chi connectivity index (χ4v) is 0.708. The van der Waals surface area contributed by atoms with Crippen LogP contribution in [0.15, 0.2) is 16.9 Å².